The maximum absolute atomic E-state index is 6.96. The van der Waals surface area contributed by atoms with Crippen LogP contribution in [0.1, 0.15) is 0 Å². The summed E-state index contributed by atoms with van der Waals surface area (Å²) in [6.07, 6.45) is 3.90. The van der Waals surface area contributed by atoms with E-state index < -0.39 is 0 Å². The molecule has 0 fully saturated rings. The molecule has 8 aromatic heterocycles. The lowest BCUT2D eigenvalue weighted by atomic mass is 9.96. The lowest BCUT2D eigenvalue weighted by molar-refractivity contribution is 0.669. The number of furan rings is 2. The quantitative estimate of drug-likeness (QED) is 0.103. The molecule has 8 heterocycles. The molecule has 0 radical (unpaired) electrons. The van der Waals surface area contributed by atoms with Crippen LogP contribution in [-0.2, 0) is 0 Å². The maximum Gasteiger partial charge on any atom is 0.166 e. The molecule has 0 N–H and O–H groups in total. The van der Waals surface area contributed by atoms with E-state index in [1.165, 1.54) is 10.8 Å². The monoisotopic (exact) mass is 1590 g/mol. The van der Waals surface area contributed by atoms with E-state index in [2.05, 4.69) is 288 Å². The molecule has 580 valence electrons. The SMILES string of the molecule is c1ccc(-c2cccc(-c3cnc(-c4ccc5c(c4)oc4cc6c7ccccc7n(-c7ccccc7)c6cc45)c(-c4nc(-c5ccccc5)nc(-c5ccccc5)n4)c3)c2)cc1.c1ccc(-c2cccc(-c3cnc(-c4cccc5c4oc4cc6c7ccccc7n(-c7ccccc7)c6cc45)c(-c4nc(-c5ccccc5)nc(-c5ccccc5)n4)c3)c2)cc1. The summed E-state index contributed by atoms with van der Waals surface area (Å²) in [6, 6.07) is 142. The van der Waals surface area contributed by atoms with E-state index in [0.29, 0.717) is 40.6 Å². The predicted octanol–water partition coefficient (Wildman–Crippen LogP) is 28.5. The first-order valence-electron chi connectivity index (χ1n) is 41.4. The van der Waals surface area contributed by atoms with Gasteiger partial charge in [-0.05, 0) is 137 Å². The molecule has 0 amide bonds. The number of hydrogen-bond donors (Lipinski definition) is 0. The third-order valence-corrected chi connectivity index (χ3v) is 23.4. The molecular weight excluding hydrogens is 1520 g/mol. The van der Waals surface area contributed by atoms with E-state index >= 15 is 0 Å². The summed E-state index contributed by atoms with van der Waals surface area (Å²) in [5.41, 5.74) is 26.8. The minimum absolute atomic E-state index is 0.517. The third kappa shape index (κ3) is 13.2. The molecular formula is C112H70N10O2. The Balaban J connectivity index is 0.000000143. The summed E-state index contributed by atoms with van der Waals surface area (Å²) in [7, 11) is 0. The number of benzene rings is 16. The van der Waals surface area contributed by atoms with Crippen molar-refractivity contribution >= 4 is 87.5 Å². The van der Waals surface area contributed by atoms with Crippen molar-refractivity contribution in [3.63, 3.8) is 0 Å². The Kier molecular flexibility index (Phi) is 17.9. The predicted molar refractivity (Wildman–Crippen MR) is 504 cm³/mol. The Bertz CT molecular complexity index is 8090. The zero-order valence-corrected chi connectivity index (χ0v) is 66.7. The highest BCUT2D eigenvalue weighted by Crippen LogP contribution is 2.46. The van der Waals surface area contributed by atoms with Gasteiger partial charge < -0.3 is 18.0 Å². The zero-order chi connectivity index (χ0) is 82.0. The fourth-order valence-electron chi connectivity index (χ4n) is 17.4. The van der Waals surface area contributed by atoms with Crippen LogP contribution in [0.5, 0.6) is 0 Å². The van der Waals surface area contributed by atoms with E-state index in [1.54, 1.807) is 0 Å². The molecule has 0 aliphatic heterocycles. The van der Waals surface area contributed by atoms with Crippen LogP contribution in [0.15, 0.2) is 434 Å². The highest BCUT2D eigenvalue weighted by atomic mass is 16.3. The first-order chi connectivity index (χ1) is 61.4. The van der Waals surface area contributed by atoms with Crippen molar-refractivity contribution in [2.24, 2.45) is 0 Å². The fourth-order valence-corrected chi connectivity index (χ4v) is 17.4. The molecule has 12 nitrogen and oxygen atoms in total. The van der Waals surface area contributed by atoms with Gasteiger partial charge in [0.1, 0.15) is 22.3 Å². The first-order valence-corrected chi connectivity index (χ1v) is 41.4. The van der Waals surface area contributed by atoms with Gasteiger partial charge in [-0.3, -0.25) is 9.97 Å². The molecule has 0 atom stereocenters. The van der Waals surface area contributed by atoms with E-state index in [9.17, 15) is 0 Å². The van der Waals surface area contributed by atoms with Gasteiger partial charge in [-0.25, -0.2) is 29.9 Å². The lowest BCUT2D eigenvalue weighted by Crippen LogP contribution is -2.02. The average Bonchev–Trinajstić information content (AvgIpc) is 1.56. The van der Waals surface area contributed by atoms with E-state index in [4.69, 9.17) is 48.7 Å². The second-order valence-corrected chi connectivity index (χ2v) is 30.9. The smallest absolute Gasteiger partial charge is 0.166 e. The van der Waals surface area contributed by atoms with Gasteiger partial charge in [-0.1, -0.05) is 309 Å². The molecule has 0 saturated carbocycles. The lowest BCUT2D eigenvalue weighted by Gasteiger charge is -2.14. The molecule has 0 aliphatic carbocycles. The Morgan fingerprint density at radius 2 is 0.516 bits per heavy atom. The normalized spacial score (nSPS) is 11.5. The number of nitrogens with zero attached hydrogens (tertiary/aromatic N) is 10. The van der Waals surface area contributed by atoms with E-state index in [1.807, 2.05) is 146 Å². The van der Waals surface area contributed by atoms with Crippen molar-refractivity contribution in [1.29, 1.82) is 0 Å². The molecule has 24 aromatic rings. The summed E-state index contributed by atoms with van der Waals surface area (Å²) in [6.45, 7) is 0. The molecule has 12 heteroatoms. The van der Waals surface area contributed by atoms with Crippen LogP contribution in [0.3, 0.4) is 0 Å². The van der Waals surface area contributed by atoms with E-state index in [-0.39, 0.29) is 0 Å². The maximum atomic E-state index is 6.96. The number of fused-ring (bicyclic) bond motifs is 12. The van der Waals surface area contributed by atoms with Crippen LogP contribution >= 0.6 is 0 Å². The standard InChI is InChI=1S/2C56H35N5O/c1-5-17-36(18-6-1)39-23-15-24-40(31-39)41-32-48(56-59-54(37-19-7-2-8-20-37)58-55(60-56)38-21-9-3-10-22-38)52(57-35-41)45-29-16-28-44-47-33-50-46(34-51(47)62-53(44)45)43-27-13-14-30-49(43)61(50)42-25-11-4-12-26-42;1-5-16-36(17-6-1)39-22-15-23-40(30-39)42-31-48(56-59-54(37-18-7-2-8-19-37)58-55(60-56)38-20-9-3-10-21-38)53(57-35-42)41-28-29-45-47-33-50-46(34-52(47)62-51(45)32-41)44-26-13-14-27-49(44)61(50)43-24-11-4-12-25-43/h2*1-35H. The van der Waals surface area contributed by atoms with Gasteiger partial charge in [0, 0.05) is 122 Å². The second kappa shape index (κ2) is 30.8. The zero-order valence-electron chi connectivity index (χ0n) is 66.7. The average molecular weight is 1590 g/mol. The van der Waals surface area contributed by atoms with Crippen molar-refractivity contribution in [2.75, 3.05) is 0 Å². The summed E-state index contributed by atoms with van der Waals surface area (Å²) in [5, 5.41) is 8.74. The van der Waals surface area contributed by atoms with Crippen LogP contribution in [-0.4, -0.2) is 49.0 Å². The first kappa shape index (κ1) is 72.3. The third-order valence-electron chi connectivity index (χ3n) is 23.4. The Hall–Kier alpha value is -17.0. The number of para-hydroxylation sites is 5. The molecule has 16 aromatic carbocycles. The van der Waals surface area contributed by atoms with Gasteiger partial charge in [0.15, 0.2) is 34.9 Å². The largest absolute Gasteiger partial charge is 0.456 e. The van der Waals surface area contributed by atoms with E-state index in [0.717, 1.165) is 183 Å². The van der Waals surface area contributed by atoms with Crippen molar-refractivity contribution < 1.29 is 8.83 Å². The van der Waals surface area contributed by atoms with Crippen molar-refractivity contribution in [3.8, 4) is 147 Å². The Morgan fingerprint density at radius 1 is 0.177 bits per heavy atom. The second-order valence-electron chi connectivity index (χ2n) is 30.9. The molecule has 0 aliphatic rings. The van der Waals surface area contributed by atoms with Crippen LogP contribution in [0.2, 0.25) is 0 Å². The minimum Gasteiger partial charge on any atom is -0.456 e. The molecule has 0 bridgehead atoms. The highest BCUT2D eigenvalue weighted by Gasteiger charge is 2.26. The van der Waals surface area contributed by atoms with Crippen molar-refractivity contribution in [3.05, 3.63) is 425 Å². The Morgan fingerprint density at radius 3 is 0.968 bits per heavy atom. The molecule has 0 saturated heterocycles. The van der Waals surface area contributed by atoms with Gasteiger partial charge in [0.25, 0.3) is 0 Å². The van der Waals surface area contributed by atoms with Crippen LogP contribution in [0.25, 0.3) is 234 Å². The van der Waals surface area contributed by atoms with Gasteiger partial charge in [-0.2, -0.15) is 0 Å². The molecule has 124 heavy (non-hydrogen) atoms. The number of hydrogen-bond acceptors (Lipinski definition) is 10. The van der Waals surface area contributed by atoms with Crippen LogP contribution in [0.4, 0.5) is 0 Å². The Labute approximate surface area is 712 Å². The molecule has 0 unspecified atom stereocenters. The van der Waals surface area contributed by atoms with Gasteiger partial charge in [0.2, 0.25) is 0 Å². The number of pyridine rings is 2. The van der Waals surface area contributed by atoms with Gasteiger partial charge in [0.05, 0.1) is 33.5 Å². The summed E-state index contributed by atoms with van der Waals surface area (Å²) in [4.78, 5) is 41.3. The summed E-state index contributed by atoms with van der Waals surface area (Å²) in [5.74, 6) is 3.38. The van der Waals surface area contributed by atoms with Gasteiger partial charge >= 0.3 is 0 Å². The van der Waals surface area contributed by atoms with Crippen LogP contribution < -0.4 is 0 Å². The molecule has 0 spiro atoms. The topological polar surface area (TPSA) is 139 Å². The highest BCUT2D eigenvalue weighted by molar-refractivity contribution is 6.20. The molecule has 24 rings (SSSR count). The minimum atomic E-state index is 0.517. The van der Waals surface area contributed by atoms with Crippen LogP contribution in [0, 0.1) is 0 Å². The van der Waals surface area contributed by atoms with Crippen molar-refractivity contribution in [1.82, 2.24) is 49.0 Å². The summed E-state index contributed by atoms with van der Waals surface area (Å²) < 4.78 is 18.4. The fraction of sp³-hybridized carbons (Fsp3) is 0. The number of aromatic nitrogens is 10. The summed E-state index contributed by atoms with van der Waals surface area (Å²) >= 11 is 0. The number of rotatable bonds is 14. The van der Waals surface area contributed by atoms with Crippen molar-refractivity contribution in [2.45, 2.75) is 0 Å². The van der Waals surface area contributed by atoms with Gasteiger partial charge in [-0.15, -0.1) is 0 Å².